The number of hydrogen-bond donors (Lipinski definition) is 0. The molecule has 1 aromatic carbocycles. The Bertz CT molecular complexity index is 496. The summed E-state index contributed by atoms with van der Waals surface area (Å²) in [5.41, 5.74) is 0.863. The molecule has 0 aliphatic heterocycles. The molecular formula is C12H14O3S. The van der Waals surface area contributed by atoms with Crippen molar-refractivity contribution in [3.63, 3.8) is 0 Å². The van der Waals surface area contributed by atoms with Crippen molar-refractivity contribution >= 4 is 15.6 Å². The summed E-state index contributed by atoms with van der Waals surface area (Å²) in [6, 6.07) is 6.64. The molecule has 1 saturated carbocycles. The molecule has 0 unspecified atom stereocenters. The quantitative estimate of drug-likeness (QED) is 0.803. The lowest BCUT2D eigenvalue weighted by Crippen LogP contribution is -2.07. The maximum Gasteiger partial charge on any atom is 0.181 e. The van der Waals surface area contributed by atoms with E-state index < -0.39 is 9.84 Å². The van der Waals surface area contributed by atoms with E-state index in [0.29, 0.717) is 11.3 Å². The van der Waals surface area contributed by atoms with Crippen molar-refractivity contribution in [2.75, 3.05) is 0 Å². The summed E-state index contributed by atoms with van der Waals surface area (Å²) < 4.78 is 23.7. The average molecular weight is 238 g/mol. The predicted molar refractivity (Wildman–Crippen MR) is 61.0 cm³/mol. The van der Waals surface area contributed by atoms with E-state index in [0.717, 1.165) is 18.4 Å². The first kappa shape index (κ1) is 11.3. The monoisotopic (exact) mass is 238 g/mol. The number of hydrogen-bond acceptors (Lipinski definition) is 3. The van der Waals surface area contributed by atoms with Crippen LogP contribution in [0.15, 0.2) is 29.2 Å². The first-order valence-electron chi connectivity index (χ1n) is 5.32. The van der Waals surface area contributed by atoms with Gasteiger partial charge in [-0.1, -0.05) is 12.1 Å². The van der Waals surface area contributed by atoms with E-state index in [2.05, 4.69) is 0 Å². The topological polar surface area (TPSA) is 51.2 Å². The molecule has 86 valence electrons. The van der Waals surface area contributed by atoms with Gasteiger partial charge >= 0.3 is 0 Å². The van der Waals surface area contributed by atoms with Gasteiger partial charge in [-0.25, -0.2) is 8.42 Å². The van der Waals surface area contributed by atoms with Crippen LogP contribution in [0.3, 0.4) is 0 Å². The second-order valence-electron chi connectivity index (χ2n) is 4.27. The molecule has 0 radical (unpaired) electrons. The number of Topliss-reactive ketones (excluding diaryl/α,β-unsaturated/α-hetero) is 1. The summed E-state index contributed by atoms with van der Waals surface area (Å²) in [4.78, 5) is 11.3. The predicted octanol–water partition coefficient (Wildman–Crippen LogP) is 1.75. The molecule has 0 N–H and O–H groups in total. The summed E-state index contributed by atoms with van der Waals surface area (Å²) in [5, 5.41) is -0.175. The number of benzene rings is 1. The zero-order valence-electron chi connectivity index (χ0n) is 9.14. The van der Waals surface area contributed by atoms with Crippen LogP contribution in [0.5, 0.6) is 0 Å². The van der Waals surface area contributed by atoms with Crippen LogP contribution in [0.2, 0.25) is 0 Å². The molecule has 4 heteroatoms. The van der Waals surface area contributed by atoms with Crippen molar-refractivity contribution in [2.24, 2.45) is 0 Å². The molecule has 2 rings (SSSR count). The Labute approximate surface area is 95.4 Å². The third-order valence-electron chi connectivity index (χ3n) is 2.67. The minimum atomic E-state index is -3.10. The van der Waals surface area contributed by atoms with Gasteiger partial charge in [0.2, 0.25) is 0 Å². The van der Waals surface area contributed by atoms with Gasteiger partial charge in [0, 0.05) is 6.42 Å². The maximum absolute atomic E-state index is 11.9. The standard InChI is InChI=1S/C12H14O3S/c1-9(13)8-10-2-4-11(5-3-10)16(14,15)12-6-7-12/h2-5,12H,6-8H2,1H3. The molecule has 0 amide bonds. The Hall–Kier alpha value is -1.16. The number of rotatable bonds is 4. The maximum atomic E-state index is 11.9. The zero-order chi connectivity index (χ0) is 11.8. The first-order chi connectivity index (χ1) is 7.50. The third kappa shape index (κ3) is 2.32. The van der Waals surface area contributed by atoms with Gasteiger partial charge in [-0.2, -0.15) is 0 Å². The highest BCUT2D eigenvalue weighted by Crippen LogP contribution is 2.33. The molecule has 0 heterocycles. The minimum Gasteiger partial charge on any atom is -0.300 e. The fourth-order valence-electron chi connectivity index (χ4n) is 1.66. The van der Waals surface area contributed by atoms with E-state index in [4.69, 9.17) is 0 Å². The lowest BCUT2D eigenvalue weighted by Gasteiger charge is -2.03. The number of carbonyl (C=O) groups is 1. The molecular weight excluding hydrogens is 224 g/mol. The summed E-state index contributed by atoms with van der Waals surface area (Å²) in [6.07, 6.45) is 1.92. The normalized spacial score (nSPS) is 16.1. The van der Waals surface area contributed by atoms with Gasteiger partial charge in [0.15, 0.2) is 9.84 Å². The van der Waals surface area contributed by atoms with Gasteiger partial charge in [0.05, 0.1) is 10.1 Å². The second-order valence-corrected chi connectivity index (χ2v) is 6.50. The van der Waals surface area contributed by atoms with Crippen molar-refractivity contribution in [3.8, 4) is 0 Å². The lowest BCUT2D eigenvalue weighted by atomic mass is 10.1. The molecule has 16 heavy (non-hydrogen) atoms. The fourth-order valence-corrected chi connectivity index (χ4v) is 3.31. The van der Waals surface area contributed by atoms with Crippen LogP contribution in [-0.2, 0) is 21.1 Å². The van der Waals surface area contributed by atoms with E-state index in [1.165, 1.54) is 6.92 Å². The van der Waals surface area contributed by atoms with Gasteiger partial charge in [-0.3, -0.25) is 4.79 Å². The lowest BCUT2D eigenvalue weighted by molar-refractivity contribution is -0.116. The van der Waals surface area contributed by atoms with Gasteiger partial charge in [-0.15, -0.1) is 0 Å². The number of carbonyl (C=O) groups excluding carboxylic acids is 1. The van der Waals surface area contributed by atoms with E-state index in [-0.39, 0.29) is 11.0 Å². The largest absolute Gasteiger partial charge is 0.300 e. The summed E-state index contributed by atoms with van der Waals surface area (Å²) in [5.74, 6) is 0.0813. The molecule has 1 fully saturated rings. The van der Waals surface area contributed by atoms with Crippen LogP contribution < -0.4 is 0 Å². The van der Waals surface area contributed by atoms with Crippen LogP contribution in [0.1, 0.15) is 25.3 Å². The van der Waals surface area contributed by atoms with E-state index in [9.17, 15) is 13.2 Å². The van der Waals surface area contributed by atoms with Crippen molar-refractivity contribution in [2.45, 2.75) is 36.3 Å². The highest BCUT2D eigenvalue weighted by atomic mass is 32.2. The Morgan fingerprint density at radius 1 is 1.25 bits per heavy atom. The Morgan fingerprint density at radius 2 is 1.81 bits per heavy atom. The zero-order valence-corrected chi connectivity index (χ0v) is 9.96. The second kappa shape index (κ2) is 4.01. The van der Waals surface area contributed by atoms with E-state index in [1.54, 1.807) is 24.3 Å². The van der Waals surface area contributed by atoms with Crippen LogP contribution in [0.4, 0.5) is 0 Å². The SMILES string of the molecule is CC(=O)Cc1ccc(S(=O)(=O)C2CC2)cc1. The molecule has 0 aromatic heterocycles. The molecule has 0 spiro atoms. The van der Waals surface area contributed by atoms with Crippen LogP contribution in [-0.4, -0.2) is 19.5 Å². The number of sulfone groups is 1. The third-order valence-corrected chi connectivity index (χ3v) is 4.95. The first-order valence-corrected chi connectivity index (χ1v) is 6.87. The van der Waals surface area contributed by atoms with Crippen LogP contribution in [0, 0.1) is 0 Å². The molecule has 3 nitrogen and oxygen atoms in total. The van der Waals surface area contributed by atoms with Gasteiger partial charge in [0.1, 0.15) is 5.78 Å². The average Bonchev–Trinajstić information content (AvgIpc) is 3.00. The fraction of sp³-hybridized carbons (Fsp3) is 0.417. The van der Waals surface area contributed by atoms with Gasteiger partial charge in [-0.05, 0) is 37.5 Å². The Kier molecular flexibility index (Phi) is 2.84. The smallest absolute Gasteiger partial charge is 0.181 e. The van der Waals surface area contributed by atoms with Crippen molar-refractivity contribution in [3.05, 3.63) is 29.8 Å². The minimum absolute atomic E-state index is 0.0813. The van der Waals surface area contributed by atoms with Crippen LogP contribution >= 0.6 is 0 Å². The van der Waals surface area contributed by atoms with Gasteiger partial charge < -0.3 is 0 Å². The number of ketones is 1. The summed E-state index contributed by atoms with van der Waals surface area (Å²) >= 11 is 0. The van der Waals surface area contributed by atoms with E-state index >= 15 is 0 Å². The Morgan fingerprint density at radius 3 is 2.25 bits per heavy atom. The molecule has 1 aliphatic rings. The molecule has 1 aromatic rings. The van der Waals surface area contributed by atoms with Crippen molar-refractivity contribution in [1.82, 2.24) is 0 Å². The molecule has 0 bridgehead atoms. The Balaban J connectivity index is 2.22. The molecule has 1 aliphatic carbocycles. The van der Waals surface area contributed by atoms with E-state index in [1.807, 2.05) is 0 Å². The van der Waals surface area contributed by atoms with Crippen molar-refractivity contribution < 1.29 is 13.2 Å². The van der Waals surface area contributed by atoms with Gasteiger partial charge in [0.25, 0.3) is 0 Å². The van der Waals surface area contributed by atoms with Crippen LogP contribution in [0.25, 0.3) is 0 Å². The van der Waals surface area contributed by atoms with Crippen molar-refractivity contribution in [1.29, 1.82) is 0 Å². The molecule has 0 atom stereocenters. The highest BCUT2D eigenvalue weighted by Gasteiger charge is 2.36. The molecule has 0 saturated heterocycles. The highest BCUT2D eigenvalue weighted by molar-refractivity contribution is 7.92. The summed E-state index contributed by atoms with van der Waals surface area (Å²) in [7, 11) is -3.10. The summed E-state index contributed by atoms with van der Waals surface area (Å²) in [6.45, 7) is 1.52.